The molecule has 4 aromatic rings. The van der Waals surface area contributed by atoms with Crippen LogP contribution >= 0.6 is 0 Å². The molecule has 0 atom stereocenters. The highest BCUT2D eigenvalue weighted by molar-refractivity contribution is 6.08. The first-order valence-electron chi connectivity index (χ1n) is 9.10. The van der Waals surface area contributed by atoms with Crippen LogP contribution in [0.15, 0.2) is 60.7 Å². The summed E-state index contributed by atoms with van der Waals surface area (Å²) in [5.74, 6) is 0.382. The Morgan fingerprint density at radius 3 is 2.14 bits per heavy atom. The van der Waals surface area contributed by atoms with Crippen molar-refractivity contribution in [3.8, 4) is 22.6 Å². The minimum absolute atomic E-state index is 0.179. The van der Waals surface area contributed by atoms with Crippen molar-refractivity contribution in [2.24, 2.45) is 0 Å². The molecule has 142 valence electrons. The summed E-state index contributed by atoms with van der Waals surface area (Å²) >= 11 is 0. The van der Waals surface area contributed by atoms with Crippen molar-refractivity contribution in [1.82, 2.24) is 0 Å². The van der Waals surface area contributed by atoms with Gasteiger partial charge < -0.3 is 19.7 Å². The number of ether oxygens (including phenoxy) is 2. The summed E-state index contributed by atoms with van der Waals surface area (Å²) in [5, 5.41) is 25.4. The van der Waals surface area contributed by atoms with Crippen LogP contribution in [-0.2, 0) is 22.7 Å². The van der Waals surface area contributed by atoms with Crippen LogP contribution in [0.5, 0.6) is 11.5 Å². The van der Waals surface area contributed by atoms with E-state index in [0.717, 1.165) is 43.8 Å². The zero-order valence-electron chi connectivity index (χ0n) is 15.9. The van der Waals surface area contributed by atoms with Gasteiger partial charge in [0.2, 0.25) is 0 Å². The number of rotatable bonds is 5. The molecular weight excluding hydrogens is 352 g/mol. The number of methoxy groups -OCH3 is 2. The van der Waals surface area contributed by atoms with E-state index in [2.05, 4.69) is 0 Å². The maximum Gasteiger partial charge on any atom is 0.129 e. The Hall–Kier alpha value is -3.08. The number of aromatic hydroxyl groups is 2. The second kappa shape index (κ2) is 7.50. The highest BCUT2D eigenvalue weighted by Gasteiger charge is 2.17. The van der Waals surface area contributed by atoms with Gasteiger partial charge in [-0.2, -0.15) is 0 Å². The Bertz CT molecular complexity index is 1160. The SMILES string of the molecule is COCc1cc2cccc(-c3c(O)c(COC)cc4ccccc34)c2cc1O. The summed E-state index contributed by atoms with van der Waals surface area (Å²) in [6.45, 7) is 0.654. The average molecular weight is 374 g/mol. The fourth-order valence-corrected chi connectivity index (χ4v) is 3.78. The maximum absolute atomic E-state index is 11.1. The lowest BCUT2D eigenvalue weighted by atomic mass is 9.90. The van der Waals surface area contributed by atoms with Crippen LogP contribution in [0.4, 0.5) is 0 Å². The molecule has 2 N–H and O–H groups in total. The van der Waals surface area contributed by atoms with Crippen LogP contribution in [0.1, 0.15) is 11.1 Å². The molecular formula is C24H22O4. The van der Waals surface area contributed by atoms with E-state index in [1.807, 2.05) is 54.6 Å². The minimum atomic E-state index is 0.179. The van der Waals surface area contributed by atoms with Crippen LogP contribution in [-0.4, -0.2) is 24.4 Å². The molecule has 0 fully saturated rings. The Labute approximate surface area is 163 Å². The van der Waals surface area contributed by atoms with Crippen molar-refractivity contribution in [2.75, 3.05) is 14.2 Å². The Morgan fingerprint density at radius 2 is 1.36 bits per heavy atom. The van der Waals surface area contributed by atoms with Crippen LogP contribution in [0.3, 0.4) is 0 Å². The van der Waals surface area contributed by atoms with Crippen molar-refractivity contribution in [1.29, 1.82) is 0 Å². The predicted octanol–water partition coefficient (Wildman–Crippen LogP) is 5.36. The predicted molar refractivity (Wildman–Crippen MR) is 112 cm³/mol. The molecule has 0 saturated carbocycles. The quantitative estimate of drug-likeness (QED) is 0.493. The molecule has 4 rings (SSSR count). The standard InChI is InChI=1S/C24H22O4/c1-27-13-17-10-16-7-5-9-20(21(16)12-22(17)25)23-19-8-4-3-6-15(19)11-18(14-28-2)24(23)26/h3-12,25-26H,13-14H2,1-2H3. The second-order valence-corrected chi connectivity index (χ2v) is 6.85. The van der Waals surface area contributed by atoms with Crippen molar-refractivity contribution in [2.45, 2.75) is 13.2 Å². The van der Waals surface area contributed by atoms with Crippen molar-refractivity contribution < 1.29 is 19.7 Å². The van der Waals surface area contributed by atoms with Gasteiger partial charge in [0.05, 0.1) is 13.2 Å². The first-order valence-corrected chi connectivity index (χ1v) is 9.10. The van der Waals surface area contributed by atoms with Gasteiger partial charge in [0.25, 0.3) is 0 Å². The molecule has 0 bridgehead atoms. The molecule has 28 heavy (non-hydrogen) atoms. The van der Waals surface area contributed by atoms with Crippen LogP contribution in [0.25, 0.3) is 32.7 Å². The van der Waals surface area contributed by atoms with Gasteiger partial charge in [-0.05, 0) is 45.3 Å². The number of hydrogen-bond donors (Lipinski definition) is 2. The summed E-state index contributed by atoms with van der Waals surface area (Å²) in [7, 11) is 3.22. The van der Waals surface area contributed by atoms with Crippen molar-refractivity contribution in [3.63, 3.8) is 0 Å². The van der Waals surface area contributed by atoms with E-state index >= 15 is 0 Å². The summed E-state index contributed by atoms with van der Waals surface area (Å²) in [6.07, 6.45) is 0. The van der Waals surface area contributed by atoms with E-state index in [0.29, 0.717) is 13.2 Å². The lowest BCUT2D eigenvalue weighted by molar-refractivity contribution is 0.182. The minimum Gasteiger partial charge on any atom is -0.508 e. The third-order valence-electron chi connectivity index (χ3n) is 5.05. The number of phenols is 2. The first-order chi connectivity index (χ1) is 13.6. The molecule has 0 aliphatic carbocycles. The summed E-state index contributed by atoms with van der Waals surface area (Å²) in [4.78, 5) is 0. The molecule has 0 aliphatic rings. The monoisotopic (exact) mass is 374 g/mol. The van der Waals surface area contributed by atoms with Crippen molar-refractivity contribution in [3.05, 3.63) is 71.8 Å². The van der Waals surface area contributed by atoms with Gasteiger partial charge in [-0.3, -0.25) is 0 Å². The molecule has 0 amide bonds. The third kappa shape index (κ3) is 3.07. The van der Waals surface area contributed by atoms with E-state index in [9.17, 15) is 10.2 Å². The Balaban J connectivity index is 2.06. The number of benzene rings is 4. The molecule has 4 nitrogen and oxygen atoms in total. The third-order valence-corrected chi connectivity index (χ3v) is 5.05. The van der Waals surface area contributed by atoms with Gasteiger partial charge in [0, 0.05) is 30.9 Å². The molecule has 0 heterocycles. The van der Waals surface area contributed by atoms with Gasteiger partial charge >= 0.3 is 0 Å². The van der Waals surface area contributed by atoms with Gasteiger partial charge in [-0.15, -0.1) is 0 Å². The van der Waals surface area contributed by atoms with Crippen molar-refractivity contribution >= 4 is 21.5 Å². The normalized spacial score (nSPS) is 11.4. The van der Waals surface area contributed by atoms with E-state index in [1.165, 1.54) is 0 Å². The molecule has 0 aliphatic heterocycles. The Morgan fingerprint density at radius 1 is 0.714 bits per heavy atom. The lowest BCUT2D eigenvalue weighted by Gasteiger charge is -2.16. The molecule has 0 unspecified atom stereocenters. The van der Waals surface area contributed by atoms with Gasteiger partial charge in [0.15, 0.2) is 0 Å². The van der Waals surface area contributed by atoms with E-state index in [1.54, 1.807) is 20.3 Å². The molecule has 4 heteroatoms. The number of phenolic OH excluding ortho intramolecular Hbond substituents is 2. The summed E-state index contributed by atoms with van der Waals surface area (Å²) < 4.78 is 10.5. The molecule has 4 aromatic carbocycles. The first kappa shape index (κ1) is 18.3. The molecule has 0 aromatic heterocycles. The summed E-state index contributed by atoms with van der Waals surface area (Å²) in [6, 6.07) is 19.5. The van der Waals surface area contributed by atoms with Gasteiger partial charge in [-0.25, -0.2) is 0 Å². The Kier molecular flexibility index (Phi) is 4.90. The highest BCUT2D eigenvalue weighted by atomic mass is 16.5. The second-order valence-electron chi connectivity index (χ2n) is 6.85. The maximum atomic E-state index is 11.1. The molecule has 0 radical (unpaired) electrons. The van der Waals surface area contributed by atoms with E-state index in [4.69, 9.17) is 9.47 Å². The van der Waals surface area contributed by atoms with Crippen LogP contribution < -0.4 is 0 Å². The fourth-order valence-electron chi connectivity index (χ4n) is 3.78. The van der Waals surface area contributed by atoms with E-state index in [-0.39, 0.29) is 11.5 Å². The largest absolute Gasteiger partial charge is 0.508 e. The summed E-state index contributed by atoms with van der Waals surface area (Å²) in [5.41, 5.74) is 3.07. The average Bonchev–Trinajstić information content (AvgIpc) is 2.70. The van der Waals surface area contributed by atoms with Gasteiger partial charge in [0.1, 0.15) is 11.5 Å². The smallest absolute Gasteiger partial charge is 0.129 e. The van der Waals surface area contributed by atoms with E-state index < -0.39 is 0 Å². The number of hydrogen-bond acceptors (Lipinski definition) is 4. The number of fused-ring (bicyclic) bond motifs is 2. The zero-order valence-corrected chi connectivity index (χ0v) is 15.9. The topological polar surface area (TPSA) is 58.9 Å². The van der Waals surface area contributed by atoms with Crippen LogP contribution in [0.2, 0.25) is 0 Å². The molecule has 0 spiro atoms. The molecule has 0 saturated heterocycles. The highest BCUT2D eigenvalue weighted by Crippen LogP contribution is 2.43. The van der Waals surface area contributed by atoms with Crippen LogP contribution in [0, 0.1) is 0 Å². The zero-order chi connectivity index (χ0) is 19.7. The fraction of sp³-hybridized carbons (Fsp3) is 0.167. The van der Waals surface area contributed by atoms with Gasteiger partial charge in [-0.1, -0.05) is 42.5 Å². The lowest BCUT2D eigenvalue weighted by Crippen LogP contribution is -1.94.